The number of methoxy groups -OCH3 is 1. The zero-order chi connectivity index (χ0) is 25.1. The van der Waals surface area contributed by atoms with E-state index in [4.69, 9.17) is 33.3 Å². The number of aromatic nitrogens is 2. The summed E-state index contributed by atoms with van der Waals surface area (Å²) in [4.78, 5) is 6.58. The van der Waals surface area contributed by atoms with Crippen molar-refractivity contribution in [1.29, 1.82) is 0 Å². The Morgan fingerprint density at radius 1 is 1.06 bits per heavy atom. The van der Waals surface area contributed by atoms with E-state index in [2.05, 4.69) is 10.3 Å². The van der Waals surface area contributed by atoms with Gasteiger partial charge in [-0.3, -0.25) is 4.98 Å². The van der Waals surface area contributed by atoms with Crippen molar-refractivity contribution in [2.75, 3.05) is 25.2 Å². The summed E-state index contributed by atoms with van der Waals surface area (Å²) in [5.74, 6) is 0.244. The van der Waals surface area contributed by atoms with Crippen LogP contribution in [0.1, 0.15) is 23.5 Å². The van der Waals surface area contributed by atoms with Gasteiger partial charge < -0.3 is 24.3 Å². The molecule has 184 valence electrons. The zero-order valence-electron chi connectivity index (χ0n) is 19.5. The first-order chi connectivity index (χ1) is 17.6. The number of benzene rings is 2. The summed E-state index contributed by atoms with van der Waals surface area (Å²) in [6, 6.07) is 21.3. The molecule has 1 aliphatic rings. The van der Waals surface area contributed by atoms with Crippen LogP contribution in [0.3, 0.4) is 0 Å². The van der Waals surface area contributed by atoms with Gasteiger partial charge in [-0.25, -0.2) is 4.39 Å². The van der Waals surface area contributed by atoms with Gasteiger partial charge in [0.05, 0.1) is 29.1 Å². The number of rotatable bonds is 8. The lowest BCUT2D eigenvalue weighted by Crippen LogP contribution is -2.30. The number of anilines is 1. The number of para-hydroxylation sites is 1. The molecular weight excluding hydrogens is 499 g/mol. The quantitative estimate of drug-likeness (QED) is 0.231. The third-order valence-electron chi connectivity index (χ3n) is 6.03. The molecule has 0 bridgehead atoms. The molecule has 1 aliphatic heterocycles. The predicted octanol–water partition coefficient (Wildman–Crippen LogP) is 5.87. The van der Waals surface area contributed by atoms with E-state index in [1.165, 1.54) is 6.07 Å². The molecule has 2 aromatic carbocycles. The van der Waals surface area contributed by atoms with Crippen LogP contribution in [0.15, 0.2) is 85.2 Å². The van der Waals surface area contributed by atoms with Crippen molar-refractivity contribution in [3.8, 4) is 11.4 Å². The Hall–Kier alpha value is -3.46. The Balaban J connectivity index is 1.59. The van der Waals surface area contributed by atoms with Gasteiger partial charge in [0.25, 0.3) is 0 Å². The topological polar surface area (TPSA) is 51.6 Å². The number of thiocarbonyl (C=S) groups is 1. The molecule has 0 saturated carbocycles. The molecule has 1 saturated heterocycles. The Morgan fingerprint density at radius 2 is 1.89 bits per heavy atom. The van der Waals surface area contributed by atoms with Crippen LogP contribution in [-0.4, -0.2) is 35.0 Å². The molecule has 0 amide bonds. The number of ether oxygens (including phenoxy) is 2. The molecule has 0 radical (unpaired) electrons. The summed E-state index contributed by atoms with van der Waals surface area (Å²) in [6.07, 6.45) is 3.60. The largest absolute Gasteiger partial charge is 0.490 e. The minimum absolute atomic E-state index is 0.282. The highest BCUT2D eigenvalue weighted by molar-refractivity contribution is 7.80. The van der Waals surface area contributed by atoms with Crippen molar-refractivity contribution in [2.24, 2.45) is 0 Å². The minimum atomic E-state index is -0.335. The van der Waals surface area contributed by atoms with Crippen LogP contribution in [0.5, 0.6) is 5.75 Å². The normalized spacial score (nSPS) is 17.3. The molecule has 1 N–H and O–H groups in total. The van der Waals surface area contributed by atoms with Gasteiger partial charge in [-0.2, -0.15) is 0 Å². The van der Waals surface area contributed by atoms with Crippen LogP contribution in [-0.2, 0) is 4.74 Å². The summed E-state index contributed by atoms with van der Waals surface area (Å²) >= 11 is 12.4. The van der Waals surface area contributed by atoms with Gasteiger partial charge in [0.2, 0.25) is 0 Å². The maximum absolute atomic E-state index is 14.8. The first-order valence-electron chi connectivity index (χ1n) is 11.4. The summed E-state index contributed by atoms with van der Waals surface area (Å²) in [5, 5.41) is 4.39. The summed E-state index contributed by atoms with van der Waals surface area (Å²) in [6.45, 7) is 0.846. The smallest absolute Gasteiger partial charge is 0.174 e. The van der Waals surface area contributed by atoms with E-state index < -0.39 is 0 Å². The molecular formula is C27H24ClFN4O2S. The Morgan fingerprint density at radius 3 is 2.64 bits per heavy atom. The lowest BCUT2D eigenvalue weighted by Gasteiger charge is -2.29. The highest BCUT2D eigenvalue weighted by Gasteiger charge is 2.42. The van der Waals surface area contributed by atoms with Gasteiger partial charge in [0, 0.05) is 30.9 Å². The highest BCUT2D eigenvalue weighted by atomic mass is 35.5. The van der Waals surface area contributed by atoms with E-state index >= 15 is 0 Å². The van der Waals surface area contributed by atoms with Crippen LogP contribution in [0.25, 0.3) is 5.69 Å². The summed E-state index contributed by atoms with van der Waals surface area (Å²) in [5.41, 5.74) is 2.90. The van der Waals surface area contributed by atoms with E-state index in [1.54, 1.807) is 25.4 Å². The molecule has 2 atom stereocenters. The van der Waals surface area contributed by atoms with Gasteiger partial charge in [0.1, 0.15) is 24.2 Å². The highest BCUT2D eigenvalue weighted by Crippen LogP contribution is 2.43. The Kier molecular flexibility index (Phi) is 7.18. The molecule has 9 heteroatoms. The van der Waals surface area contributed by atoms with Gasteiger partial charge >= 0.3 is 0 Å². The molecule has 0 unspecified atom stereocenters. The maximum atomic E-state index is 14.8. The van der Waals surface area contributed by atoms with E-state index in [-0.39, 0.29) is 17.9 Å². The van der Waals surface area contributed by atoms with Gasteiger partial charge in [-0.05, 0) is 66.8 Å². The van der Waals surface area contributed by atoms with Gasteiger partial charge in [-0.1, -0.05) is 29.8 Å². The van der Waals surface area contributed by atoms with Gasteiger partial charge in [0.15, 0.2) is 5.11 Å². The van der Waals surface area contributed by atoms with E-state index in [0.717, 1.165) is 17.1 Å². The summed E-state index contributed by atoms with van der Waals surface area (Å²) in [7, 11) is 1.62. The molecule has 3 heterocycles. The number of nitrogens with zero attached hydrogens (tertiary/aromatic N) is 3. The monoisotopic (exact) mass is 522 g/mol. The number of nitrogens with one attached hydrogen (secondary N) is 1. The molecule has 6 nitrogen and oxygen atoms in total. The maximum Gasteiger partial charge on any atom is 0.174 e. The van der Waals surface area contributed by atoms with Crippen molar-refractivity contribution in [2.45, 2.75) is 12.1 Å². The molecule has 5 rings (SSSR count). The van der Waals surface area contributed by atoms with Crippen molar-refractivity contribution < 1.29 is 13.9 Å². The van der Waals surface area contributed by atoms with Crippen LogP contribution in [0.4, 0.5) is 10.1 Å². The minimum Gasteiger partial charge on any atom is -0.490 e. The number of halogens is 2. The number of hydrogen-bond donors (Lipinski definition) is 1. The molecule has 4 aromatic rings. The van der Waals surface area contributed by atoms with Crippen LogP contribution < -0.4 is 15.0 Å². The molecule has 2 aromatic heterocycles. The molecule has 0 spiro atoms. The van der Waals surface area contributed by atoms with E-state index in [1.807, 2.05) is 70.3 Å². The lowest BCUT2D eigenvalue weighted by atomic mass is 10.0. The zero-order valence-corrected chi connectivity index (χ0v) is 21.0. The third-order valence-corrected chi connectivity index (χ3v) is 6.64. The average Bonchev–Trinajstić information content (AvgIpc) is 3.50. The Labute approximate surface area is 219 Å². The van der Waals surface area contributed by atoms with Crippen molar-refractivity contribution in [3.05, 3.63) is 107 Å². The first-order valence-corrected chi connectivity index (χ1v) is 12.2. The predicted molar refractivity (Wildman–Crippen MR) is 142 cm³/mol. The second kappa shape index (κ2) is 10.7. The first kappa shape index (κ1) is 24.2. The molecule has 0 aliphatic carbocycles. The fourth-order valence-electron chi connectivity index (χ4n) is 4.43. The van der Waals surface area contributed by atoms with Crippen LogP contribution in [0, 0.1) is 5.82 Å². The second-order valence-corrected chi connectivity index (χ2v) is 9.00. The van der Waals surface area contributed by atoms with Crippen LogP contribution in [0.2, 0.25) is 5.02 Å². The fourth-order valence-corrected chi connectivity index (χ4v) is 5.00. The standard InChI is InChI=1S/C27H24ClFN4O2S/c1-34-15-16-35-24-12-11-18(17-19(24)28)33-26(25(31-27(33)36)21-8-4-5-13-30-21)23-10-6-14-32(23)22-9-3-2-7-20(22)29/h2-14,17,25-26H,15-16H2,1H3,(H,31,36)/t25-,26+/m1/s1. The summed E-state index contributed by atoms with van der Waals surface area (Å²) < 4.78 is 27.5. The van der Waals surface area contributed by atoms with Crippen molar-refractivity contribution in [3.63, 3.8) is 0 Å². The molecule has 1 fully saturated rings. The average molecular weight is 523 g/mol. The third kappa shape index (κ3) is 4.67. The van der Waals surface area contributed by atoms with E-state index in [9.17, 15) is 4.39 Å². The van der Waals surface area contributed by atoms with Crippen LogP contribution >= 0.6 is 23.8 Å². The SMILES string of the molecule is COCCOc1ccc(N2C(=S)N[C@H](c3ccccn3)[C@@H]2c2cccn2-c2ccccc2F)cc1Cl. The second-order valence-electron chi connectivity index (χ2n) is 8.21. The molecule has 36 heavy (non-hydrogen) atoms. The Bertz CT molecular complexity index is 1370. The van der Waals surface area contributed by atoms with Crippen molar-refractivity contribution >= 4 is 34.6 Å². The lowest BCUT2D eigenvalue weighted by molar-refractivity contribution is 0.146. The van der Waals surface area contributed by atoms with Gasteiger partial charge in [-0.15, -0.1) is 0 Å². The number of pyridine rings is 1. The van der Waals surface area contributed by atoms with E-state index in [0.29, 0.717) is 34.8 Å². The van der Waals surface area contributed by atoms with Crippen molar-refractivity contribution in [1.82, 2.24) is 14.9 Å². The fraction of sp³-hybridized carbons (Fsp3) is 0.185. The number of hydrogen-bond acceptors (Lipinski definition) is 4.